The van der Waals surface area contributed by atoms with Gasteiger partial charge < -0.3 is 0 Å². The lowest BCUT2D eigenvalue weighted by molar-refractivity contribution is 0.118. The molecule has 2 N–H and O–H groups in total. The highest BCUT2D eigenvalue weighted by Gasteiger charge is 2.11. The minimum Gasteiger partial charge on any atom is -0.284 e. The SMILES string of the molecule is O=[P+](O)OCOS(=O)O. The standard InChI is InChI=1S/CH3O6PS/c2-8(3)6-1-7-9(4)5/h1H2,(H-,2,3,4,5)/p+1. The molecule has 2 atom stereocenters. The molecule has 0 bridgehead atoms. The Labute approximate surface area is 54.2 Å². The maximum atomic E-state index is 9.65. The molecule has 0 aromatic heterocycles. The Morgan fingerprint density at radius 3 is 2.56 bits per heavy atom. The first kappa shape index (κ1) is 9.09. The summed E-state index contributed by atoms with van der Waals surface area (Å²) in [5, 5.41) is 0. The minimum atomic E-state index is -2.75. The molecule has 6 nitrogen and oxygen atoms in total. The number of rotatable bonds is 4. The van der Waals surface area contributed by atoms with Crippen LogP contribution < -0.4 is 0 Å². The highest BCUT2D eigenvalue weighted by molar-refractivity contribution is 7.74. The molecule has 0 rings (SSSR count). The molecule has 0 aromatic rings. The van der Waals surface area contributed by atoms with E-state index in [0.29, 0.717) is 0 Å². The van der Waals surface area contributed by atoms with Gasteiger partial charge in [0.05, 0.1) is 0 Å². The van der Waals surface area contributed by atoms with E-state index in [1.807, 2.05) is 0 Å². The van der Waals surface area contributed by atoms with Gasteiger partial charge in [0.25, 0.3) is 0 Å². The monoisotopic (exact) mass is 175 g/mol. The van der Waals surface area contributed by atoms with Gasteiger partial charge in [-0.15, -0.1) is 4.89 Å². The van der Waals surface area contributed by atoms with Crippen LogP contribution in [0, 0.1) is 0 Å². The van der Waals surface area contributed by atoms with Gasteiger partial charge in [-0.25, -0.2) is 4.18 Å². The van der Waals surface area contributed by atoms with Crippen molar-refractivity contribution in [3.8, 4) is 0 Å². The van der Waals surface area contributed by atoms with E-state index >= 15 is 0 Å². The summed E-state index contributed by atoms with van der Waals surface area (Å²) in [6.07, 6.45) is 0. The van der Waals surface area contributed by atoms with Crippen LogP contribution in [0.15, 0.2) is 0 Å². The first-order valence-corrected chi connectivity index (χ1v) is 3.82. The Kier molecular flexibility index (Phi) is 4.97. The second-order valence-electron chi connectivity index (χ2n) is 0.820. The smallest absolute Gasteiger partial charge is 0.284 e. The summed E-state index contributed by atoms with van der Waals surface area (Å²) < 4.78 is 34.8. The van der Waals surface area contributed by atoms with Crippen molar-refractivity contribution in [2.75, 3.05) is 6.79 Å². The van der Waals surface area contributed by atoms with E-state index in [-0.39, 0.29) is 0 Å². The van der Waals surface area contributed by atoms with Crippen molar-refractivity contribution in [1.29, 1.82) is 0 Å². The number of hydrogen-bond donors (Lipinski definition) is 2. The van der Waals surface area contributed by atoms with E-state index in [2.05, 4.69) is 8.71 Å². The molecule has 8 heteroatoms. The first-order chi connectivity index (χ1) is 4.13. The van der Waals surface area contributed by atoms with Gasteiger partial charge >= 0.3 is 19.6 Å². The summed E-state index contributed by atoms with van der Waals surface area (Å²) in [6.45, 7) is -0.672. The van der Waals surface area contributed by atoms with Gasteiger partial charge in [-0.1, -0.05) is 4.52 Å². The second kappa shape index (κ2) is 4.92. The first-order valence-electron chi connectivity index (χ1n) is 1.66. The van der Waals surface area contributed by atoms with E-state index in [9.17, 15) is 8.77 Å². The highest BCUT2D eigenvalue weighted by Crippen LogP contribution is 2.13. The van der Waals surface area contributed by atoms with Crippen LogP contribution in [-0.4, -0.2) is 20.4 Å². The molecular weight excluding hydrogens is 171 g/mol. The molecule has 0 aromatic carbocycles. The average Bonchev–Trinajstić information content (AvgIpc) is 1.63. The van der Waals surface area contributed by atoms with Crippen molar-refractivity contribution in [2.45, 2.75) is 0 Å². The Bertz CT molecular complexity index is 108. The van der Waals surface area contributed by atoms with Crippen LogP contribution in [0.1, 0.15) is 0 Å². The minimum absolute atomic E-state index is 0.672. The normalized spacial score (nSPS) is 15.1. The fraction of sp³-hybridized carbons (Fsp3) is 1.00. The van der Waals surface area contributed by atoms with Gasteiger partial charge in [-0.3, -0.25) is 4.55 Å². The second-order valence-corrected chi connectivity index (χ2v) is 2.22. The topological polar surface area (TPSA) is 93.1 Å². The van der Waals surface area contributed by atoms with E-state index in [4.69, 9.17) is 9.45 Å². The quantitative estimate of drug-likeness (QED) is 0.348. The van der Waals surface area contributed by atoms with Gasteiger partial charge in [0, 0.05) is 4.57 Å². The molecule has 0 amide bonds. The van der Waals surface area contributed by atoms with Gasteiger partial charge in [0.15, 0.2) is 0 Å². The molecular formula is CH4O6PS+. The van der Waals surface area contributed by atoms with Crippen molar-refractivity contribution >= 4 is 19.6 Å². The van der Waals surface area contributed by atoms with Crippen molar-refractivity contribution < 1.29 is 26.9 Å². The predicted molar refractivity (Wildman–Crippen MR) is 27.6 cm³/mol. The van der Waals surface area contributed by atoms with Crippen LogP contribution in [0.5, 0.6) is 0 Å². The van der Waals surface area contributed by atoms with Crippen LogP contribution >= 0.6 is 8.25 Å². The van der Waals surface area contributed by atoms with Crippen LogP contribution in [-0.2, 0) is 24.6 Å². The molecule has 0 fully saturated rings. The third-order valence-corrected chi connectivity index (χ3v) is 0.936. The maximum absolute atomic E-state index is 9.65. The fourth-order valence-electron chi connectivity index (χ4n) is 0.108. The highest BCUT2D eigenvalue weighted by atomic mass is 32.2. The molecule has 0 radical (unpaired) electrons. The molecule has 0 saturated heterocycles. The fourth-order valence-corrected chi connectivity index (χ4v) is 0.452. The lowest BCUT2D eigenvalue weighted by Crippen LogP contribution is -1.97. The average molecular weight is 175 g/mol. The van der Waals surface area contributed by atoms with Gasteiger partial charge in [0.1, 0.15) is 0 Å². The van der Waals surface area contributed by atoms with E-state index in [1.165, 1.54) is 0 Å². The zero-order chi connectivity index (χ0) is 7.28. The van der Waals surface area contributed by atoms with Crippen molar-refractivity contribution in [3.05, 3.63) is 0 Å². The number of hydrogen-bond acceptors (Lipinski definition) is 4. The third-order valence-electron chi connectivity index (χ3n) is 0.312. The third kappa shape index (κ3) is 8.09. The molecule has 0 aliphatic carbocycles. The molecule has 54 valence electrons. The lowest BCUT2D eigenvalue weighted by Gasteiger charge is -1.86. The lowest BCUT2D eigenvalue weighted by atomic mass is 11.6. The van der Waals surface area contributed by atoms with Gasteiger partial charge in [-0.05, 0) is 0 Å². The zero-order valence-corrected chi connectivity index (χ0v) is 5.80. The maximum Gasteiger partial charge on any atom is 0.697 e. The predicted octanol–water partition coefficient (Wildman–Crippen LogP) is -0.236. The van der Waals surface area contributed by atoms with E-state index in [0.717, 1.165) is 0 Å². The molecule has 0 aliphatic heterocycles. The van der Waals surface area contributed by atoms with Crippen molar-refractivity contribution in [2.24, 2.45) is 0 Å². The van der Waals surface area contributed by atoms with E-state index < -0.39 is 26.4 Å². The molecule has 0 saturated carbocycles. The van der Waals surface area contributed by atoms with E-state index in [1.54, 1.807) is 0 Å². The summed E-state index contributed by atoms with van der Waals surface area (Å²) in [7, 11) is -2.75. The van der Waals surface area contributed by atoms with Crippen molar-refractivity contribution in [1.82, 2.24) is 0 Å². The summed E-state index contributed by atoms with van der Waals surface area (Å²) in [4.78, 5) is 7.89. The van der Waals surface area contributed by atoms with Gasteiger partial charge in [-0.2, -0.15) is 4.21 Å². The van der Waals surface area contributed by atoms with Crippen LogP contribution in [0.3, 0.4) is 0 Å². The summed E-state index contributed by atoms with van der Waals surface area (Å²) in [5.74, 6) is 0. The summed E-state index contributed by atoms with van der Waals surface area (Å²) in [6, 6.07) is 0. The zero-order valence-electron chi connectivity index (χ0n) is 4.09. The molecule has 0 spiro atoms. The van der Waals surface area contributed by atoms with Crippen LogP contribution in [0.2, 0.25) is 0 Å². The van der Waals surface area contributed by atoms with Crippen LogP contribution in [0.25, 0.3) is 0 Å². The largest absolute Gasteiger partial charge is 0.697 e. The summed E-state index contributed by atoms with van der Waals surface area (Å²) in [5.41, 5.74) is 0. The Balaban J connectivity index is 3.10. The Hall–Kier alpha value is 0.0900. The van der Waals surface area contributed by atoms with Crippen LogP contribution in [0.4, 0.5) is 0 Å². The Morgan fingerprint density at radius 2 is 2.22 bits per heavy atom. The van der Waals surface area contributed by atoms with Crippen molar-refractivity contribution in [3.63, 3.8) is 0 Å². The molecule has 0 aliphatic rings. The Morgan fingerprint density at radius 1 is 1.67 bits per heavy atom. The summed E-state index contributed by atoms with van der Waals surface area (Å²) >= 11 is -2.45. The molecule has 0 heterocycles. The molecule has 2 unspecified atom stereocenters. The van der Waals surface area contributed by atoms with Gasteiger partial charge in [0.2, 0.25) is 6.79 Å². The molecule has 9 heavy (non-hydrogen) atoms.